The van der Waals surface area contributed by atoms with E-state index in [2.05, 4.69) is 17.6 Å². The molecule has 0 bridgehead atoms. The van der Waals surface area contributed by atoms with Gasteiger partial charge in [0.1, 0.15) is 0 Å². The summed E-state index contributed by atoms with van der Waals surface area (Å²) in [5.74, 6) is 0.0350. The van der Waals surface area contributed by atoms with E-state index < -0.39 is 0 Å². The van der Waals surface area contributed by atoms with Crippen molar-refractivity contribution in [3.8, 4) is 0 Å². The molecule has 1 N–H and O–H groups in total. The molecule has 4 heteroatoms. The van der Waals surface area contributed by atoms with Crippen molar-refractivity contribution in [1.29, 1.82) is 0 Å². The Hall–Kier alpha value is -1.42. The van der Waals surface area contributed by atoms with Crippen molar-refractivity contribution in [2.24, 2.45) is 0 Å². The van der Waals surface area contributed by atoms with E-state index in [1.54, 1.807) is 7.11 Å². The highest BCUT2D eigenvalue weighted by Crippen LogP contribution is 2.18. The maximum Gasteiger partial charge on any atom is 0.286 e. The van der Waals surface area contributed by atoms with Gasteiger partial charge in [0.25, 0.3) is 5.91 Å². The molecule has 0 aromatic carbocycles. The predicted molar refractivity (Wildman–Crippen MR) is 68.2 cm³/mol. The number of carbonyl (C=O) groups excluding carboxylic acids is 1. The lowest BCUT2D eigenvalue weighted by Gasteiger charge is -2.13. The molecule has 0 spiro atoms. The summed E-state index contributed by atoms with van der Waals surface area (Å²) in [4.78, 5) is 11.7. The minimum absolute atomic E-state index is 0.0350. The van der Waals surface area contributed by atoms with Crippen molar-refractivity contribution in [3.63, 3.8) is 0 Å². The number of fused-ring (bicyclic) bond motifs is 1. The number of hydrogen-bond acceptors (Lipinski definition) is 2. The van der Waals surface area contributed by atoms with Gasteiger partial charge in [0, 0.05) is 25.3 Å². The molecular formula is C14H21N2O2+. The standard InChI is InChI=1S/C14H20N2O2/c1-18-9-7-15-14(17)11-16-8-6-12-4-2-3-5-13(12)10-16/h6,8,10H,2-5,7,9,11H2,1H3/p+1. The molecule has 18 heavy (non-hydrogen) atoms. The third kappa shape index (κ3) is 3.53. The van der Waals surface area contributed by atoms with Gasteiger partial charge in [-0.2, -0.15) is 4.57 Å². The molecule has 1 heterocycles. The Morgan fingerprint density at radius 3 is 2.94 bits per heavy atom. The normalized spacial score (nSPS) is 14.1. The quantitative estimate of drug-likeness (QED) is 0.614. The number of hydrogen-bond donors (Lipinski definition) is 1. The maximum atomic E-state index is 11.7. The molecule has 1 aromatic rings. The second-order valence-corrected chi connectivity index (χ2v) is 4.72. The van der Waals surface area contributed by atoms with Crippen LogP contribution in [-0.4, -0.2) is 26.2 Å². The van der Waals surface area contributed by atoms with Crippen LogP contribution < -0.4 is 9.88 Å². The first kappa shape index (κ1) is 13.0. The van der Waals surface area contributed by atoms with Crippen molar-refractivity contribution < 1.29 is 14.1 Å². The summed E-state index contributed by atoms with van der Waals surface area (Å²) in [5, 5.41) is 2.83. The fourth-order valence-electron chi connectivity index (χ4n) is 2.33. The second-order valence-electron chi connectivity index (χ2n) is 4.72. The highest BCUT2D eigenvalue weighted by molar-refractivity contribution is 5.74. The van der Waals surface area contributed by atoms with Crippen LogP contribution in [0.1, 0.15) is 24.0 Å². The third-order valence-electron chi connectivity index (χ3n) is 3.30. The number of aryl methyl sites for hydroxylation is 2. The summed E-state index contributed by atoms with van der Waals surface area (Å²) < 4.78 is 6.86. The lowest BCUT2D eigenvalue weighted by Crippen LogP contribution is -2.43. The van der Waals surface area contributed by atoms with Crippen LogP contribution in [-0.2, 0) is 28.9 Å². The third-order valence-corrected chi connectivity index (χ3v) is 3.30. The SMILES string of the molecule is COCCNC(=O)C[n+]1ccc2c(c1)CCCC2. The molecule has 0 saturated heterocycles. The molecule has 0 saturated carbocycles. The van der Waals surface area contributed by atoms with Gasteiger partial charge in [-0.1, -0.05) is 0 Å². The van der Waals surface area contributed by atoms with E-state index in [4.69, 9.17) is 4.74 Å². The number of rotatable bonds is 5. The Kier molecular flexibility index (Phi) is 4.70. The van der Waals surface area contributed by atoms with E-state index in [1.807, 2.05) is 10.8 Å². The number of nitrogens with one attached hydrogen (secondary N) is 1. The Balaban J connectivity index is 1.91. The van der Waals surface area contributed by atoms with E-state index in [9.17, 15) is 4.79 Å². The van der Waals surface area contributed by atoms with Crippen molar-refractivity contribution in [2.75, 3.05) is 20.3 Å². The summed E-state index contributed by atoms with van der Waals surface area (Å²) in [6.07, 6.45) is 8.98. The predicted octanol–water partition coefficient (Wildman–Crippen LogP) is 0.615. The van der Waals surface area contributed by atoms with Crippen LogP contribution in [0.2, 0.25) is 0 Å². The fraction of sp³-hybridized carbons (Fsp3) is 0.571. The minimum atomic E-state index is 0.0350. The first-order valence-electron chi connectivity index (χ1n) is 6.56. The van der Waals surface area contributed by atoms with Gasteiger partial charge in [-0.05, 0) is 31.2 Å². The molecule has 1 aromatic heterocycles. The van der Waals surface area contributed by atoms with Crippen molar-refractivity contribution in [2.45, 2.75) is 32.2 Å². The molecule has 98 valence electrons. The van der Waals surface area contributed by atoms with E-state index in [0.29, 0.717) is 19.7 Å². The first-order valence-corrected chi connectivity index (χ1v) is 6.56. The Morgan fingerprint density at radius 1 is 1.39 bits per heavy atom. The number of ether oxygens (including phenoxy) is 1. The number of aromatic nitrogens is 1. The van der Waals surface area contributed by atoms with Crippen LogP contribution in [0, 0.1) is 0 Å². The average Bonchev–Trinajstić information content (AvgIpc) is 2.39. The fourth-order valence-corrected chi connectivity index (χ4v) is 2.33. The summed E-state index contributed by atoms with van der Waals surface area (Å²) in [7, 11) is 1.63. The number of methoxy groups -OCH3 is 1. The summed E-state index contributed by atoms with van der Waals surface area (Å²) in [6, 6.07) is 2.15. The van der Waals surface area contributed by atoms with Gasteiger partial charge in [-0.15, -0.1) is 0 Å². The van der Waals surface area contributed by atoms with E-state index in [0.717, 1.165) is 6.42 Å². The highest BCUT2D eigenvalue weighted by atomic mass is 16.5. The molecule has 0 atom stereocenters. The van der Waals surface area contributed by atoms with Crippen molar-refractivity contribution >= 4 is 5.91 Å². The Morgan fingerprint density at radius 2 is 2.17 bits per heavy atom. The summed E-state index contributed by atoms with van der Waals surface area (Å²) >= 11 is 0. The number of pyridine rings is 1. The van der Waals surface area contributed by atoms with Crippen LogP contribution in [0.4, 0.5) is 0 Å². The maximum absolute atomic E-state index is 11.7. The van der Waals surface area contributed by atoms with Crippen LogP contribution in [0.3, 0.4) is 0 Å². The smallest absolute Gasteiger partial charge is 0.286 e. The Bertz CT molecular complexity index is 418. The molecule has 1 aliphatic rings. The van der Waals surface area contributed by atoms with Gasteiger partial charge in [0.15, 0.2) is 12.4 Å². The number of nitrogens with zero attached hydrogens (tertiary/aromatic N) is 1. The molecule has 4 nitrogen and oxygen atoms in total. The van der Waals surface area contributed by atoms with Crippen molar-refractivity contribution in [3.05, 3.63) is 29.6 Å². The molecule has 2 rings (SSSR count). The van der Waals surface area contributed by atoms with E-state index in [1.165, 1.54) is 30.4 Å². The van der Waals surface area contributed by atoms with Gasteiger partial charge < -0.3 is 10.1 Å². The average molecular weight is 249 g/mol. The zero-order chi connectivity index (χ0) is 12.8. The van der Waals surface area contributed by atoms with Crippen molar-refractivity contribution in [1.82, 2.24) is 5.32 Å². The van der Waals surface area contributed by atoms with Crippen LogP contribution >= 0.6 is 0 Å². The van der Waals surface area contributed by atoms with Gasteiger partial charge in [0.2, 0.25) is 6.54 Å². The molecule has 1 aliphatic carbocycles. The van der Waals surface area contributed by atoms with Gasteiger partial charge in [0.05, 0.1) is 6.61 Å². The van der Waals surface area contributed by atoms with Crippen LogP contribution in [0.15, 0.2) is 18.5 Å². The second kappa shape index (κ2) is 6.50. The molecule has 0 unspecified atom stereocenters. The van der Waals surface area contributed by atoms with Gasteiger partial charge in [-0.25, -0.2) is 0 Å². The van der Waals surface area contributed by atoms with Crippen LogP contribution in [0.25, 0.3) is 0 Å². The summed E-state index contributed by atoms with van der Waals surface area (Å²) in [6.45, 7) is 1.51. The Labute approximate surface area is 108 Å². The minimum Gasteiger partial charge on any atom is -0.383 e. The first-order chi connectivity index (χ1) is 8.79. The molecule has 0 fully saturated rings. The van der Waals surface area contributed by atoms with Gasteiger partial charge in [-0.3, -0.25) is 4.79 Å². The largest absolute Gasteiger partial charge is 0.383 e. The van der Waals surface area contributed by atoms with Gasteiger partial charge >= 0.3 is 0 Å². The monoisotopic (exact) mass is 249 g/mol. The van der Waals surface area contributed by atoms with E-state index in [-0.39, 0.29) is 5.91 Å². The molecule has 0 aliphatic heterocycles. The zero-order valence-electron chi connectivity index (χ0n) is 10.9. The number of carbonyl (C=O) groups is 1. The lowest BCUT2D eigenvalue weighted by atomic mass is 9.93. The number of amides is 1. The summed E-state index contributed by atoms with van der Waals surface area (Å²) in [5.41, 5.74) is 2.84. The van der Waals surface area contributed by atoms with Crippen LogP contribution in [0.5, 0.6) is 0 Å². The molecule has 0 radical (unpaired) electrons. The topological polar surface area (TPSA) is 42.2 Å². The van der Waals surface area contributed by atoms with E-state index >= 15 is 0 Å². The molecule has 1 amide bonds. The zero-order valence-corrected chi connectivity index (χ0v) is 10.9. The highest BCUT2D eigenvalue weighted by Gasteiger charge is 2.15. The lowest BCUT2D eigenvalue weighted by molar-refractivity contribution is -0.685. The molecular weight excluding hydrogens is 228 g/mol.